The van der Waals surface area contributed by atoms with E-state index in [1.165, 1.54) is 89.9 Å². The Hall–Kier alpha value is 0.0700. The molecule has 2 heterocycles. The lowest BCUT2D eigenvalue weighted by molar-refractivity contribution is 0.176. The van der Waals surface area contributed by atoms with Crippen LogP contribution in [0.25, 0.3) is 0 Å². The van der Waals surface area contributed by atoms with Crippen LogP contribution < -0.4 is 0 Å². The van der Waals surface area contributed by atoms with Crippen LogP contribution in [0.1, 0.15) is 110 Å². The predicted octanol–water partition coefficient (Wildman–Crippen LogP) is 7.27. The summed E-state index contributed by atoms with van der Waals surface area (Å²) in [5, 5.41) is 0. The number of rotatable bonds is 23. The summed E-state index contributed by atoms with van der Waals surface area (Å²) in [6.07, 6.45) is 22.1. The third-order valence-corrected chi connectivity index (χ3v) is 7.95. The largest absolute Gasteiger partial charge is 0.371 e. The molecule has 0 spiro atoms. The summed E-state index contributed by atoms with van der Waals surface area (Å²) >= 11 is 0. The Morgan fingerprint density at radius 3 is 1.30 bits per heavy atom. The molecule has 0 aromatic rings. The molecule has 2 rings (SSSR count). The molecule has 0 aromatic carbocycles. The molecule has 0 bridgehead atoms. The molecule has 2 saturated heterocycles. The number of hydrogen-bond acceptors (Lipinski definition) is 5. The maximum atomic E-state index is 12.9. The van der Waals surface area contributed by atoms with Crippen LogP contribution in [-0.4, -0.2) is 44.8 Å². The van der Waals surface area contributed by atoms with Crippen LogP contribution in [0.2, 0.25) is 0 Å². The summed E-state index contributed by atoms with van der Waals surface area (Å²) in [7, 11) is -3.00. The fourth-order valence-electron chi connectivity index (χ4n) is 3.74. The van der Waals surface area contributed by atoms with E-state index in [1.807, 2.05) is 0 Å². The second-order valence-electron chi connectivity index (χ2n) is 9.14. The molecule has 0 aliphatic carbocycles. The molecular weight excluding hydrogens is 399 g/mol. The van der Waals surface area contributed by atoms with Crippen molar-refractivity contribution < 1.29 is 23.1 Å². The van der Waals surface area contributed by atoms with Gasteiger partial charge in [-0.05, 0) is 6.42 Å². The molecule has 178 valence electrons. The summed E-state index contributed by atoms with van der Waals surface area (Å²) in [5.74, 6) is 0. The van der Waals surface area contributed by atoms with Gasteiger partial charge >= 0.3 is 7.60 Å². The van der Waals surface area contributed by atoms with Gasteiger partial charge in [0.1, 0.15) is 12.2 Å². The van der Waals surface area contributed by atoms with Crippen LogP contribution in [0.5, 0.6) is 0 Å². The van der Waals surface area contributed by atoms with Crippen molar-refractivity contribution in [3.05, 3.63) is 0 Å². The zero-order valence-corrected chi connectivity index (χ0v) is 20.4. The van der Waals surface area contributed by atoms with Gasteiger partial charge in [-0.2, -0.15) is 0 Å². The van der Waals surface area contributed by atoms with Gasteiger partial charge in [-0.3, -0.25) is 4.57 Å². The molecule has 0 saturated carbocycles. The van der Waals surface area contributed by atoms with Crippen molar-refractivity contribution in [2.75, 3.05) is 32.6 Å². The minimum absolute atomic E-state index is 0.116. The Kier molecular flexibility index (Phi) is 14.6. The first-order valence-corrected chi connectivity index (χ1v) is 14.6. The van der Waals surface area contributed by atoms with Gasteiger partial charge in [0.05, 0.1) is 32.6 Å². The summed E-state index contributed by atoms with van der Waals surface area (Å²) < 4.78 is 34.4. The second kappa shape index (κ2) is 16.7. The molecule has 2 fully saturated rings. The van der Waals surface area contributed by atoms with Gasteiger partial charge in [0.15, 0.2) is 0 Å². The van der Waals surface area contributed by atoms with Crippen molar-refractivity contribution >= 4 is 7.60 Å². The average molecular weight is 447 g/mol. The van der Waals surface area contributed by atoms with Crippen molar-refractivity contribution in [2.24, 2.45) is 0 Å². The van der Waals surface area contributed by atoms with Crippen LogP contribution in [-0.2, 0) is 23.1 Å². The molecular formula is C24H47O5P. The lowest BCUT2D eigenvalue weighted by atomic mass is 10.0. The summed E-state index contributed by atoms with van der Waals surface area (Å²) in [6.45, 7) is 4.49. The summed E-state index contributed by atoms with van der Waals surface area (Å²) in [4.78, 5) is 0. The van der Waals surface area contributed by atoms with Crippen molar-refractivity contribution in [2.45, 2.75) is 122 Å². The van der Waals surface area contributed by atoms with Crippen molar-refractivity contribution in [1.82, 2.24) is 0 Å². The van der Waals surface area contributed by atoms with Crippen molar-refractivity contribution in [1.29, 1.82) is 0 Å². The van der Waals surface area contributed by atoms with Gasteiger partial charge in [-0.25, -0.2) is 0 Å². The molecule has 0 N–H and O–H groups in total. The Labute approximate surface area is 185 Å². The van der Waals surface area contributed by atoms with Gasteiger partial charge in [0.25, 0.3) is 0 Å². The van der Waals surface area contributed by atoms with Crippen LogP contribution >= 0.6 is 7.60 Å². The van der Waals surface area contributed by atoms with Crippen LogP contribution in [0.3, 0.4) is 0 Å². The molecule has 5 nitrogen and oxygen atoms in total. The minimum atomic E-state index is -3.00. The highest BCUT2D eigenvalue weighted by Gasteiger charge is 2.33. The van der Waals surface area contributed by atoms with Gasteiger partial charge < -0.3 is 18.5 Å². The Morgan fingerprint density at radius 2 is 0.967 bits per heavy atom. The highest BCUT2D eigenvalue weighted by atomic mass is 31.2. The highest BCUT2D eigenvalue weighted by molar-refractivity contribution is 7.53. The van der Waals surface area contributed by atoms with E-state index in [2.05, 4.69) is 6.92 Å². The van der Waals surface area contributed by atoms with E-state index in [0.717, 1.165) is 12.8 Å². The van der Waals surface area contributed by atoms with E-state index < -0.39 is 7.60 Å². The van der Waals surface area contributed by atoms with E-state index in [4.69, 9.17) is 18.5 Å². The quantitative estimate of drug-likeness (QED) is 0.0938. The fourth-order valence-corrected chi connectivity index (χ4v) is 5.47. The van der Waals surface area contributed by atoms with E-state index in [9.17, 15) is 4.57 Å². The molecule has 2 aliphatic heterocycles. The highest BCUT2D eigenvalue weighted by Crippen LogP contribution is 2.50. The van der Waals surface area contributed by atoms with Crippen molar-refractivity contribution in [3.63, 3.8) is 0 Å². The van der Waals surface area contributed by atoms with Crippen LogP contribution in [0.15, 0.2) is 0 Å². The number of unbranched alkanes of at least 4 members (excludes halogenated alkanes) is 15. The molecule has 0 amide bonds. The third-order valence-electron chi connectivity index (χ3n) is 6.00. The minimum Gasteiger partial charge on any atom is -0.371 e. The lowest BCUT2D eigenvalue weighted by Gasteiger charge is -2.17. The second-order valence-corrected chi connectivity index (χ2v) is 11.3. The SMILES string of the molecule is CCCCCCCCCCCCCCCCCCP(=O)(OCC1CO1)OCC1CO1. The molecule has 0 aromatic heterocycles. The number of ether oxygens (including phenoxy) is 2. The maximum Gasteiger partial charge on any atom is 0.330 e. The van der Waals surface area contributed by atoms with E-state index in [-0.39, 0.29) is 12.2 Å². The Bertz CT molecular complexity index is 431. The van der Waals surface area contributed by atoms with Crippen LogP contribution in [0.4, 0.5) is 0 Å². The molecule has 30 heavy (non-hydrogen) atoms. The Morgan fingerprint density at radius 1 is 0.633 bits per heavy atom. The first-order chi connectivity index (χ1) is 14.7. The number of hydrogen-bond donors (Lipinski definition) is 0. The summed E-state index contributed by atoms with van der Waals surface area (Å²) in [6, 6.07) is 0. The van der Waals surface area contributed by atoms with E-state index >= 15 is 0 Å². The molecule has 2 unspecified atom stereocenters. The van der Waals surface area contributed by atoms with Gasteiger partial charge in [0, 0.05) is 0 Å². The molecule has 2 aliphatic rings. The first-order valence-electron chi connectivity index (χ1n) is 12.8. The smallest absolute Gasteiger partial charge is 0.330 e. The maximum absolute atomic E-state index is 12.9. The van der Waals surface area contributed by atoms with E-state index in [1.54, 1.807) is 0 Å². The molecule has 6 heteroatoms. The predicted molar refractivity (Wildman–Crippen MR) is 123 cm³/mol. The average Bonchev–Trinajstić information content (AvgIpc) is 3.65. The van der Waals surface area contributed by atoms with Gasteiger partial charge in [-0.15, -0.1) is 0 Å². The molecule has 0 radical (unpaired) electrons. The monoisotopic (exact) mass is 446 g/mol. The lowest BCUT2D eigenvalue weighted by Crippen LogP contribution is -2.08. The zero-order valence-electron chi connectivity index (χ0n) is 19.5. The third kappa shape index (κ3) is 15.0. The van der Waals surface area contributed by atoms with Crippen LogP contribution in [0, 0.1) is 0 Å². The normalized spacial score (nSPS) is 22.2. The van der Waals surface area contributed by atoms with Crippen molar-refractivity contribution in [3.8, 4) is 0 Å². The summed E-state index contributed by atoms with van der Waals surface area (Å²) in [5.41, 5.74) is 0. The number of epoxide rings is 2. The topological polar surface area (TPSA) is 60.6 Å². The fraction of sp³-hybridized carbons (Fsp3) is 1.00. The standard InChI is InChI=1S/C24H47O5P/c1-2-3-4-5-6-7-8-9-10-11-12-13-14-15-16-17-18-30(25,28-21-23-19-26-23)29-22-24-20-27-24/h23-24H,2-22H2,1H3. The van der Waals surface area contributed by atoms with E-state index in [0.29, 0.717) is 32.6 Å². The Balaban J connectivity index is 1.34. The molecule has 2 atom stereocenters. The first kappa shape index (κ1) is 26.3. The van der Waals surface area contributed by atoms with Gasteiger partial charge in [0.2, 0.25) is 0 Å². The van der Waals surface area contributed by atoms with Gasteiger partial charge in [-0.1, -0.05) is 103 Å². The zero-order chi connectivity index (χ0) is 21.3.